The standard InChI is InChI=1S/C8H15N3O4S/c1-4(12)6(3-16)11-8(15)10-2-5(9)7(13)14/h5-6,16H,2-3,9H2,1H3,(H,13,14)(H2,10,11,15)/t5-,6-/m0/s1. The molecule has 0 saturated heterocycles. The number of hydrogen-bond acceptors (Lipinski definition) is 5. The van der Waals surface area contributed by atoms with Gasteiger partial charge in [0.2, 0.25) is 0 Å². The van der Waals surface area contributed by atoms with Crippen molar-refractivity contribution in [3.63, 3.8) is 0 Å². The Bertz CT molecular complexity index is 284. The number of aliphatic carboxylic acids is 1. The van der Waals surface area contributed by atoms with E-state index in [2.05, 4.69) is 23.3 Å². The number of carboxylic acids is 1. The van der Waals surface area contributed by atoms with Crippen LogP contribution < -0.4 is 16.4 Å². The number of nitrogens with two attached hydrogens (primary N) is 1. The molecule has 0 spiro atoms. The molecule has 2 atom stereocenters. The number of urea groups is 1. The molecule has 0 aliphatic heterocycles. The second-order valence-electron chi connectivity index (χ2n) is 3.14. The molecule has 2 amide bonds. The van der Waals surface area contributed by atoms with Crippen molar-refractivity contribution in [3.05, 3.63) is 0 Å². The zero-order chi connectivity index (χ0) is 12.7. The molecule has 0 unspecified atom stereocenters. The van der Waals surface area contributed by atoms with Crippen molar-refractivity contribution in [2.75, 3.05) is 12.3 Å². The van der Waals surface area contributed by atoms with Crippen LogP contribution in [0, 0.1) is 0 Å². The minimum absolute atomic E-state index is 0.174. The average molecular weight is 249 g/mol. The fourth-order valence-corrected chi connectivity index (χ4v) is 1.12. The van der Waals surface area contributed by atoms with Gasteiger partial charge in [-0.2, -0.15) is 12.6 Å². The molecule has 0 aliphatic carbocycles. The minimum Gasteiger partial charge on any atom is -0.480 e. The van der Waals surface area contributed by atoms with Crippen LogP contribution in [0.25, 0.3) is 0 Å². The van der Waals surface area contributed by atoms with E-state index in [1.54, 1.807) is 0 Å². The Hall–Kier alpha value is -1.28. The summed E-state index contributed by atoms with van der Waals surface area (Å²) in [5.74, 6) is -1.27. The number of carbonyl (C=O) groups is 3. The molecule has 0 saturated carbocycles. The first-order valence-electron chi connectivity index (χ1n) is 4.52. The van der Waals surface area contributed by atoms with Crippen LogP contribution in [0.5, 0.6) is 0 Å². The summed E-state index contributed by atoms with van der Waals surface area (Å²) >= 11 is 3.89. The average Bonchev–Trinajstić information content (AvgIpc) is 2.21. The summed E-state index contributed by atoms with van der Waals surface area (Å²) in [6.45, 7) is 1.11. The number of thiol groups is 1. The third-order valence-corrected chi connectivity index (χ3v) is 2.14. The van der Waals surface area contributed by atoms with E-state index >= 15 is 0 Å². The molecule has 0 aliphatic rings. The molecule has 7 nitrogen and oxygen atoms in total. The largest absolute Gasteiger partial charge is 0.480 e. The van der Waals surface area contributed by atoms with Crippen LogP contribution in [0.1, 0.15) is 6.92 Å². The molecule has 0 aromatic heterocycles. The van der Waals surface area contributed by atoms with Gasteiger partial charge >= 0.3 is 12.0 Å². The summed E-state index contributed by atoms with van der Waals surface area (Å²) in [4.78, 5) is 32.5. The van der Waals surface area contributed by atoms with Crippen molar-refractivity contribution in [1.29, 1.82) is 0 Å². The van der Waals surface area contributed by atoms with Gasteiger partial charge in [-0.25, -0.2) is 4.79 Å². The zero-order valence-corrected chi connectivity index (χ0v) is 9.66. The Morgan fingerprint density at radius 1 is 1.44 bits per heavy atom. The molecular formula is C8H15N3O4S. The summed E-state index contributed by atoms with van der Waals surface area (Å²) in [5, 5.41) is 13.0. The SMILES string of the molecule is CC(=O)[C@H](CS)NC(=O)NC[C@H](N)C(=O)O. The minimum atomic E-state index is -1.21. The Labute approximate surface area is 98.2 Å². The quantitative estimate of drug-likeness (QED) is 0.370. The Balaban J connectivity index is 3.99. The molecule has 8 heteroatoms. The Morgan fingerprint density at radius 2 is 2.00 bits per heavy atom. The fourth-order valence-electron chi connectivity index (χ4n) is 0.775. The van der Waals surface area contributed by atoms with Crippen molar-refractivity contribution in [2.24, 2.45) is 5.73 Å². The molecule has 5 N–H and O–H groups in total. The van der Waals surface area contributed by atoms with Gasteiger partial charge in [0.05, 0.1) is 6.04 Å². The summed E-state index contributed by atoms with van der Waals surface area (Å²) in [6, 6.07) is -2.51. The number of rotatable bonds is 6. The van der Waals surface area contributed by atoms with Gasteiger partial charge in [0.1, 0.15) is 6.04 Å². The van der Waals surface area contributed by atoms with Gasteiger partial charge in [-0.1, -0.05) is 0 Å². The zero-order valence-electron chi connectivity index (χ0n) is 8.77. The topological polar surface area (TPSA) is 122 Å². The van der Waals surface area contributed by atoms with Gasteiger partial charge in [0, 0.05) is 12.3 Å². The molecule has 0 fully saturated rings. The lowest BCUT2D eigenvalue weighted by Crippen LogP contribution is -2.50. The van der Waals surface area contributed by atoms with E-state index in [1.165, 1.54) is 6.92 Å². The molecule has 0 heterocycles. The van der Waals surface area contributed by atoms with Gasteiger partial charge < -0.3 is 21.5 Å². The van der Waals surface area contributed by atoms with E-state index in [4.69, 9.17) is 10.8 Å². The third kappa shape index (κ3) is 5.56. The van der Waals surface area contributed by atoms with E-state index in [0.29, 0.717) is 0 Å². The van der Waals surface area contributed by atoms with E-state index in [-0.39, 0.29) is 18.1 Å². The smallest absolute Gasteiger partial charge is 0.322 e. The van der Waals surface area contributed by atoms with Crippen molar-refractivity contribution in [1.82, 2.24) is 10.6 Å². The third-order valence-electron chi connectivity index (χ3n) is 1.78. The number of hydrogen-bond donors (Lipinski definition) is 5. The maximum absolute atomic E-state index is 11.2. The second kappa shape index (κ2) is 7.07. The predicted octanol–water partition coefficient (Wildman–Crippen LogP) is -1.42. The number of carbonyl (C=O) groups excluding carboxylic acids is 2. The van der Waals surface area contributed by atoms with Crippen LogP contribution in [0.4, 0.5) is 4.79 Å². The van der Waals surface area contributed by atoms with Crippen LogP contribution in [0.2, 0.25) is 0 Å². The van der Waals surface area contributed by atoms with Crippen molar-refractivity contribution >= 4 is 30.4 Å². The number of nitrogens with one attached hydrogen (secondary N) is 2. The normalized spacial score (nSPS) is 13.7. The predicted molar refractivity (Wildman–Crippen MR) is 60.5 cm³/mol. The van der Waals surface area contributed by atoms with Crippen molar-refractivity contribution in [3.8, 4) is 0 Å². The highest BCUT2D eigenvalue weighted by atomic mass is 32.1. The van der Waals surface area contributed by atoms with Crippen LogP contribution in [0.3, 0.4) is 0 Å². The molecule has 92 valence electrons. The van der Waals surface area contributed by atoms with Gasteiger partial charge in [0.25, 0.3) is 0 Å². The number of amides is 2. The molecular weight excluding hydrogens is 234 g/mol. The van der Waals surface area contributed by atoms with Gasteiger partial charge in [-0.15, -0.1) is 0 Å². The highest BCUT2D eigenvalue weighted by Gasteiger charge is 2.16. The van der Waals surface area contributed by atoms with Gasteiger partial charge in [-0.05, 0) is 6.92 Å². The van der Waals surface area contributed by atoms with Gasteiger partial charge in [-0.3, -0.25) is 9.59 Å². The van der Waals surface area contributed by atoms with Crippen LogP contribution >= 0.6 is 12.6 Å². The summed E-state index contributed by atoms with van der Waals surface area (Å²) in [6.07, 6.45) is 0. The van der Waals surface area contributed by atoms with E-state index < -0.39 is 24.1 Å². The van der Waals surface area contributed by atoms with Crippen LogP contribution in [-0.4, -0.2) is 47.3 Å². The maximum atomic E-state index is 11.2. The first kappa shape index (κ1) is 14.7. The maximum Gasteiger partial charge on any atom is 0.322 e. The second-order valence-corrected chi connectivity index (χ2v) is 3.51. The van der Waals surface area contributed by atoms with E-state index in [0.717, 1.165) is 0 Å². The molecule has 0 bridgehead atoms. The number of Topliss-reactive ketones (excluding diaryl/α,β-unsaturated/α-hetero) is 1. The highest BCUT2D eigenvalue weighted by Crippen LogP contribution is 1.89. The number of ketones is 1. The number of carboxylic acid groups (broad SMARTS) is 1. The molecule has 0 aromatic carbocycles. The Kier molecular flexibility index (Phi) is 6.50. The van der Waals surface area contributed by atoms with E-state index in [9.17, 15) is 14.4 Å². The monoisotopic (exact) mass is 249 g/mol. The highest BCUT2D eigenvalue weighted by molar-refractivity contribution is 7.80. The van der Waals surface area contributed by atoms with Gasteiger partial charge in [0.15, 0.2) is 5.78 Å². The van der Waals surface area contributed by atoms with E-state index in [1.807, 2.05) is 0 Å². The van der Waals surface area contributed by atoms with Crippen LogP contribution in [0.15, 0.2) is 0 Å². The summed E-state index contributed by atoms with van der Waals surface area (Å²) < 4.78 is 0. The first-order valence-corrected chi connectivity index (χ1v) is 5.15. The lowest BCUT2D eigenvalue weighted by molar-refractivity contribution is -0.138. The molecule has 0 aromatic rings. The van der Waals surface area contributed by atoms with Crippen molar-refractivity contribution in [2.45, 2.75) is 19.0 Å². The Morgan fingerprint density at radius 3 is 2.38 bits per heavy atom. The lowest BCUT2D eigenvalue weighted by Gasteiger charge is -2.14. The fraction of sp³-hybridized carbons (Fsp3) is 0.625. The molecule has 0 radical (unpaired) electrons. The van der Waals surface area contributed by atoms with Crippen molar-refractivity contribution < 1.29 is 19.5 Å². The first-order chi connectivity index (χ1) is 7.38. The molecule has 16 heavy (non-hydrogen) atoms. The summed E-state index contributed by atoms with van der Waals surface area (Å²) in [5.41, 5.74) is 5.16. The molecule has 0 rings (SSSR count). The van der Waals surface area contributed by atoms with Crippen LogP contribution in [-0.2, 0) is 9.59 Å². The lowest BCUT2D eigenvalue weighted by atomic mass is 10.2. The summed E-state index contributed by atoms with van der Waals surface area (Å²) in [7, 11) is 0.